The van der Waals surface area contributed by atoms with E-state index >= 15 is 0 Å². The average molecular weight is 796 g/mol. The van der Waals surface area contributed by atoms with Crippen LogP contribution in [0.5, 0.6) is 0 Å². The normalized spacial score (nSPS) is 13.6. The highest BCUT2D eigenvalue weighted by atomic mass is 15.0. The summed E-state index contributed by atoms with van der Waals surface area (Å²) in [5.74, 6) is 1.88. The van der Waals surface area contributed by atoms with Gasteiger partial charge in [0.15, 0.2) is 17.5 Å². The fraction of sp³-hybridized carbons (Fsp3) is 0.105. The van der Waals surface area contributed by atoms with Crippen LogP contribution >= 0.6 is 0 Å². The van der Waals surface area contributed by atoms with Gasteiger partial charge in [0, 0.05) is 34.5 Å². The van der Waals surface area contributed by atoms with Gasteiger partial charge in [-0.2, -0.15) is 5.26 Å². The Labute approximate surface area is 362 Å². The highest BCUT2D eigenvalue weighted by Crippen LogP contribution is 2.56. The molecule has 0 N–H and O–H groups in total. The van der Waals surface area contributed by atoms with Gasteiger partial charge >= 0.3 is 0 Å². The van der Waals surface area contributed by atoms with Crippen LogP contribution in [0.2, 0.25) is 0 Å². The van der Waals surface area contributed by atoms with Gasteiger partial charge in [0.2, 0.25) is 0 Å². The van der Waals surface area contributed by atoms with Crippen molar-refractivity contribution in [3.63, 3.8) is 0 Å². The number of fused-ring (bicyclic) bond motifs is 5. The Balaban J connectivity index is 0.891. The summed E-state index contributed by atoms with van der Waals surface area (Å²) >= 11 is 0. The Morgan fingerprint density at radius 2 is 0.839 bits per heavy atom. The maximum absolute atomic E-state index is 9.78. The molecule has 7 aromatic carbocycles. The molecule has 5 nitrogen and oxygen atoms in total. The highest BCUT2D eigenvalue weighted by molar-refractivity contribution is 5.86. The van der Waals surface area contributed by atoms with Gasteiger partial charge in [-0.05, 0) is 116 Å². The van der Waals surface area contributed by atoms with E-state index in [4.69, 9.17) is 15.0 Å². The molecule has 9 aromatic rings. The minimum atomic E-state index is -0.0172. The molecule has 0 amide bonds. The summed E-state index contributed by atoms with van der Waals surface area (Å²) in [6.07, 6.45) is 9.62. The quantitative estimate of drug-likeness (QED) is 0.161. The van der Waals surface area contributed by atoms with E-state index in [0.29, 0.717) is 17.5 Å². The van der Waals surface area contributed by atoms with Crippen LogP contribution in [0.1, 0.15) is 48.8 Å². The van der Waals surface area contributed by atoms with Crippen LogP contribution in [0.4, 0.5) is 0 Å². The van der Waals surface area contributed by atoms with Crippen molar-refractivity contribution in [1.29, 1.82) is 5.26 Å². The van der Waals surface area contributed by atoms with E-state index < -0.39 is 0 Å². The third-order valence-electron chi connectivity index (χ3n) is 12.9. The molecule has 0 saturated heterocycles. The summed E-state index contributed by atoms with van der Waals surface area (Å²) in [7, 11) is 0. The molecule has 62 heavy (non-hydrogen) atoms. The predicted octanol–water partition coefficient (Wildman–Crippen LogP) is 14.0. The second-order valence-electron chi connectivity index (χ2n) is 16.5. The molecular weight excluding hydrogens is 755 g/mol. The van der Waals surface area contributed by atoms with E-state index in [2.05, 4.69) is 145 Å². The van der Waals surface area contributed by atoms with Crippen molar-refractivity contribution in [3.05, 3.63) is 205 Å². The zero-order chi connectivity index (χ0) is 41.5. The lowest BCUT2D eigenvalue weighted by Crippen LogP contribution is -2.28. The first-order chi connectivity index (χ1) is 30.6. The SMILES string of the molecule is N#Cc1ccc2c(c1)C1(CCCCC1)c1cc(-c3cccc(-c4cccc(-c5ccc(-c6nc(-c7ccccc7)nc(-c7ccc(-c8cccnc8)cc7)n6)cc5)c4)c3)ccc1-2. The van der Waals surface area contributed by atoms with Crippen LogP contribution in [0.3, 0.4) is 0 Å². The van der Waals surface area contributed by atoms with Gasteiger partial charge in [0.25, 0.3) is 0 Å². The first-order valence-corrected chi connectivity index (χ1v) is 21.5. The molecule has 11 rings (SSSR count). The topological polar surface area (TPSA) is 75.3 Å². The van der Waals surface area contributed by atoms with Gasteiger partial charge in [0.1, 0.15) is 0 Å². The molecular formula is C57H41N5. The van der Waals surface area contributed by atoms with Crippen molar-refractivity contribution in [2.24, 2.45) is 0 Å². The third kappa shape index (κ3) is 6.76. The first-order valence-electron chi connectivity index (χ1n) is 21.5. The number of pyridine rings is 1. The molecule has 1 fully saturated rings. The molecule has 2 aromatic heterocycles. The van der Waals surface area contributed by atoms with Crippen LogP contribution in [0.25, 0.3) is 89.8 Å². The van der Waals surface area contributed by atoms with E-state index in [-0.39, 0.29) is 5.41 Å². The molecule has 2 heterocycles. The molecule has 1 saturated carbocycles. The van der Waals surface area contributed by atoms with Crippen molar-refractivity contribution in [2.75, 3.05) is 0 Å². The van der Waals surface area contributed by atoms with Gasteiger partial charge in [-0.25, -0.2) is 15.0 Å². The van der Waals surface area contributed by atoms with Crippen molar-refractivity contribution >= 4 is 0 Å². The molecule has 5 heteroatoms. The van der Waals surface area contributed by atoms with Crippen LogP contribution < -0.4 is 0 Å². The van der Waals surface area contributed by atoms with E-state index in [1.54, 1.807) is 6.20 Å². The molecule has 0 atom stereocenters. The number of aromatic nitrogens is 4. The van der Waals surface area contributed by atoms with Crippen LogP contribution in [0, 0.1) is 11.3 Å². The smallest absolute Gasteiger partial charge is 0.164 e. The van der Waals surface area contributed by atoms with Crippen LogP contribution in [-0.2, 0) is 5.41 Å². The fourth-order valence-electron chi connectivity index (χ4n) is 9.70. The zero-order valence-electron chi connectivity index (χ0n) is 34.2. The van der Waals surface area contributed by atoms with Gasteiger partial charge in [-0.3, -0.25) is 4.98 Å². The monoisotopic (exact) mass is 795 g/mol. The Hall–Kier alpha value is -7.81. The number of nitriles is 1. The largest absolute Gasteiger partial charge is 0.264 e. The number of benzene rings is 7. The summed E-state index contributed by atoms with van der Waals surface area (Å²) in [6, 6.07) is 64.4. The fourth-order valence-corrected chi connectivity index (χ4v) is 9.70. The second kappa shape index (κ2) is 15.7. The van der Waals surface area contributed by atoms with Gasteiger partial charge in [0.05, 0.1) is 11.6 Å². The van der Waals surface area contributed by atoms with Crippen molar-refractivity contribution in [1.82, 2.24) is 19.9 Å². The second-order valence-corrected chi connectivity index (χ2v) is 16.5. The third-order valence-corrected chi connectivity index (χ3v) is 12.9. The Morgan fingerprint density at radius 3 is 1.40 bits per heavy atom. The maximum Gasteiger partial charge on any atom is 0.164 e. The van der Waals surface area contributed by atoms with Crippen molar-refractivity contribution in [2.45, 2.75) is 37.5 Å². The molecule has 0 unspecified atom stereocenters. The zero-order valence-corrected chi connectivity index (χ0v) is 34.2. The number of rotatable bonds is 7. The van der Waals surface area contributed by atoms with Gasteiger partial charge in [-0.15, -0.1) is 0 Å². The van der Waals surface area contributed by atoms with Gasteiger partial charge in [-0.1, -0.05) is 159 Å². The summed E-state index contributed by atoms with van der Waals surface area (Å²) < 4.78 is 0. The maximum atomic E-state index is 9.78. The minimum Gasteiger partial charge on any atom is -0.264 e. The molecule has 294 valence electrons. The van der Waals surface area contributed by atoms with E-state index in [0.717, 1.165) is 57.3 Å². The van der Waals surface area contributed by atoms with E-state index in [1.165, 1.54) is 63.8 Å². The minimum absolute atomic E-state index is 0.0172. The predicted molar refractivity (Wildman–Crippen MR) is 250 cm³/mol. The number of nitrogens with zero attached hydrogens (tertiary/aromatic N) is 5. The van der Waals surface area contributed by atoms with Crippen molar-refractivity contribution < 1.29 is 0 Å². The highest BCUT2D eigenvalue weighted by Gasteiger charge is 2.44. The summed E-state index contributed by atoms with van der Waals surface area (Å²) in [4.78, 5) is 19.2. The molecule has 2 aliphatic carbocycles. The molecule has 0 aliphatic heterocycles. The van der Waals surface area contributed by atoms with Crippen molar-refractivity contribution in [3.8, 4) is 95.9 Å². The lowest BCUT2D eigenvalue weighted by atomic mass is 9.67. The number of hydrogen-bond donors (Lipinski definition) is 0. The van der Waals surface area contributed by atoms with E-state index in [9.17, 15) is 5.26 Å². The standard InChI is InChI=1S/C57H41N5/c58-36-38-17-27-50-51-28-26-48(35-53(51)57(52(50)32-38)29-5-2-6-30-57)47-15-8-14-46(34-47)45-13-7-12-44(33-45)39-18-22-42(23-19-39)55-60-54(41-10-3-1-4-11-41)61-56(62-55)43-24-20-40(21-25-43)49-16-9-31-59-37-49/h1,3-4,7-28,31-35,37H,2,5-6,29-30H2. The van der Waals surface area contributed by atoms with Crippen LogP contribution in [-0.4, -0.2) is 19.9 Å². The summed E-state index contributed by atoms with van der Waals surface area (Å²) in [6.45, 7) is 0. The lowest BCUT2D eigenvalue weighted by molar-refractivity contribution is 0.353. The van der Waals surface area contributed by atoms with Gasteiger partial charge < -0.3 is 0 Å². The molecule has 1 spiro atoms. The summed E-state index contributed by atoms with van der Waals surface area (Å²) in [5, 5.41) is 9.78. The molecule has 0 radical (unpaired) electrons. The average Bonchev–Trinajstić information content (AvgIpc) is 3.61. The Bertz CT molecular complexity index is 3140. The molecule has 0 bridgehead atoms. The lowest BCUT2D eigenvalue weighted by Gasteiger charge is -2.36. The van der Waals surface area contributed by atoms with E-state index in [1.807, 2.05) is 48.7 Å². The first kappa shape index (κ1) is 37.2. The summed E-state index contributed by atoms with van der Waals surface area (Å²) in [5.41, 5.74) is 18.1. The van der Waals surface area contributed by atoms with Crippen LogP contribution in [0.15, 0.2) is 188 Å². The molecule has 2 aliphatic rings. The Morgan fingerprint density at radius 1 is 0.387 bits per heavy atom. The Kier molecular flexibility index (Phi) is 9.40. The number of hydrogen-bond acceptors (Lipinski definition) is 5.